The Morgan fingerprint density at radius 3 is 2.53 bits per heavy atom. The molecule has 1 fully saturated rings. The van der Waals surface area contributed by atoms with E-state index < -0.39 is 0 Å². The van der Waals surface area contributed by atoms with E-state index in [0.29, 0.717) is 5.41 Å². The standard InChI is InChI=1S/C15H26BrN3/c1-11(2)9-17-10-15(6-5-7-15)8-13-14(16)12(3)18-19(13)4/h11,17H,5-10H2,1-4H3. The van der Waals surface area contributed by atoms with E-state index in [-0.39, 0.29) is 0 Å². The molecular formula is C15H26BrN3. The molecule has 1 aliphatic rings. The van der Waals surface area contributed by atoms with Crippen LogP contribution in [0.4, 0.5) is 0 Å². The first-order chi connectivity index (χ1) is 8.93. The minimum atomic E-state index is 0.456. The number of nitrogens with zero attached hydrogens (tertiary/aromatic N) is 2. The highest BCUT2D eigenvalue weighted by Crippen LogP contribution is 2.44. The highest BCUT2D eigenvalue weighted by Gasteiger charge is 2.38. The van der Waals surface area contributed by atoms with Crippen LogP contribution in [0.3, 0.4) is 0 Å². The average molecular weight is 328 g/mol. The number of halogens is 1. The van der Waals surface area contributed by atoms with Gasteiger partial charge in [0.05, 0.1) is 15.9 Å². The van der Waals surface area contributed by atoms with E-state index in [0.717, 1.165) is 31.1 Å². The second kappa shape index (κ2) is 5.96. The first-order valence-electron chi connectivity index (χ1n) is 7.32. The molecule has 1 aliphatic carbocycles. The topological polar surface area (TPSA) is 29.9 Å². The number of nitrogens with one attached hydrogen (secondary N) is 1. The number of aromatic nitrogens is 2. The van der Waals surface area contributed by atoms with E-state index >= 15 is 0 Å². The Balaban J connectivity index is 2.02. The van der Waals surface area contributed by atoms with Crippen molar-refractivity contribution in [3.8, 4) is 0 Å². The van der Waals surface area contributed by atoms with Gasteiger partial charge in [-0.15, -0.1) is 0 Å². The fourth-order valence-electron chi connectivity index (χ4n) is 2.95. The Kier molecular flexibility index (Phi) is 4.72. The van der Waals surface area contributed by atoms with Gasteiger partial charge in [-0.2, -0.15) is 5.10 Å². The van der Waals surface area contributed by atoms with Crippen LogP contribution >= 0.6 is 15.9 Å². The molecule has 3 nitrogen and oxygen atoms in total. The summed E-state index contributed by atoms with van der Waals surface area (Å²) in [4.78, 5) is 0. The highest BCUT2D eigenvalue weighted by molar-refractivity contribution is 9.10. The lowest BCUT2D eigenvalue weighted by Crippen LogP contribution is -2.43. The van der Waals surface area contributed by atoms with Crippen LogP contribution in [-0.4, -0.2) is 22.9 Å². The van der Waals surface area contributed by atoms with E-state index in [9.17, 15) is 0 Å². The maximum atomic E-state index is 4.51. The predicted molar refractivity (Wildman–Crippen MR) is 83.3 cm³/mol. The molecule has 0 aliphatic heterocycles. The van der Waals surface area contributed by atoms with Crippen LogP contribution in [0.25, 0.3) is 0 Å². The van der Waals surface area contributed by atoms with E-state index in [1.165, 1.54) is 29.4 Å². The summed E-state index contributed by atoms with van der Waals surface area (Å²) in [6, 6.07) is 0. The van der Waals surface area contributed by atoms with E-state index in [1.54, 1.807) is 0 Å². The van der Waals surface area contributed by atoms with Crippen molar-refractivity contribution in [3.63, 3.8) is 0 Å². The summed E-state index contributed by atoms with van der Waals surface area (Å²) < 4.78 is 3.24. The SMILES string of the molecule is Cc1nn(C)c(CC2(CNCC(C)C)CCC2)c1Br. The van der Waals surface area contributed by atoms with Crippen molar-refractivity contribution in [1.29, 1.82) is 0 Å². The lowest BCUT2D eigenvalue weighted by atomic mass is 9.66. The summed E-state index contributed by atoms with van der Waals surface area (Å²) >= 11 is 3.69. The lowest BCUT2D eigenvalue weighted by molar-refractivity contribution is 0.125. The maximum Gasteiger partial charge on any atom is 0.0738 e. The van der Waals surface area contributed by atoms with Crippen molar-refractivity contribution in [2.45, 2.75) is 46.5 Å². The third-order valence-corrected chi connectivity index (χ3v) is 5.30. The van der Waals surface area contributed by atoms with Gasteiger partial charge in [-0.05, 0) is 60.0 Å². The Hall–Kier alpha value is -0.350. The molecule has 0 atom stereocenters. The van der Waals surface area contributed by atoms with E-state index in [2.05, 4.69) is 54.2 Å². The van der Waals surface area contributed by atoms with Gasteiger partial charge in [-0.1, -0.05) is 20.3 Å². The molecule has 1 N–H and O–H groups in total. The highest BCUT2D eigenvalue weighted by atomic mass is 79.9. The van der Waals surface area contributed by atoms with Gasteiger partial charge < -0.3 is 5.32 Å². The Labute approximate surface area is 125 Å². The van der Waals surface area contributed by atoms with Crippen LogP contribution in [0.1, 0.15) is 44.5 Å². The molecule has 0 bridgehead atoms. The molecule has 4 heteroatoms. The molecule has 108 valence electrons. The van der Waals surface area contributed by atoms with Crippen LogP contribution in [0, 0.1) is 18.3 Å². The molecule has 1 aromatic heterocycles. The lowest BCUT2D eigenvalue weighted by Gasteiger charge is -2.42. The molecular weight excluding hydrogens is 302 g/mol. The number of hydrogen-bond donors (Lipinski definition) is 1. The molecule has 2 rings (SSSR count). The van der Waals surface area contributed by atoms with Gasteiger partial charge in [0.2, 0.25) is 0 Å². The Morgan fingerprint density at radius 1 is 1.42 bits per heavy atom. The molecule has 0 spiro atoms. The van der Waals surface area contributed by atoms with Gasteiger partial charge in [0.25, 0.3) is 0 Å². The van der Waals surface area contributed by atoms with E-state index in [1.807, 2.05) is 4.68 Å². The van der Waals surface area contributed by atoms with E-state index in [4.69, 9.17) is 0 Å². The van der Waals surface area contributed by atoms with Crippen molar-refractivity contribution in [1.82, 2.24) is 15.1 Å². The molecule has 0 aromatic carbocycles. The van der Waals surface area contributed by atoms with Crippen LogP contribution in [0.2, 0.25) is 0 Å². The van der Waals surface area contributed by atoms with Crippen molar-refractivity contribution in [3.05, 3.63) is 15.9 Å². The van der Waals surface area contributed by atoms with Gasteiger partial charge in [0.1, 0.15) is 0 Å². The summed E-state index contributed by atoms with van der Waals surface area (Å²) in [6.45, 7) is 8.86. The summed E-state index contributed by atoms with van der Waals surface area (Å²) in [5, 5.41) is 8.16. The molecule has 0 radical (unpaired) electrons. The van der Waals surface area contributed by atoms with Crippen LogP contribution < -0.4 is 5.32 Å². The minimum Gasteiger partial charge on any atom is -0.316 e. The van der Waals surface area contributed by atoms with Crippen molar-refractivity contribution >= 4 is 15.9 Å². The number of rotatable bonds is 6. The zero-order valence-electron chi connectivity index (χ0n) is 12.6. The van der Waals surface area contributed by atoms with Crippen molar-refractivity contribution in [2.24, 2.45) is 18.4 Å². The molecule has 0 saturated heterocycles. The average Bonchev–Trinajstić information content (AvgIpc) is 2.51. The smallest absolute Gasteiger partial charge is 0.0738 e. The van der Waals surface area contributed by atoms with Gasteiger partial charge in [-0.25, -0.2) is 0 Å². The predicted octanol–water partition coefficient (Wildman–Crippen LogP) is 3.45. The van der Waals surface area contributed by atoms with Crippen LogP contribution in [0.5, 0.6) is 0 Å². The monoisotopic (exact) mass is 327 g/mol. The summed E-state index contributed by atoms with van der Waals surface area (Å²) in [5.74, 6) is 0.725. The molecule has 19 heavy (non-hydrogen) atoms. The van der Waals surface area contributed by atoms with Crippen molar-refractivity contribution in [2.75, 3.05) is 13.1 Å². The third-order valence-electron chi connectivity index (χ3n) is 4.27. The Morgan fingerprint density at radius 2 is 2.11 bits per heavy atom. The maximum absolute atomic E-state index is 4.51. The quantitative estimate of drug-likeness (QED) is 0.867. The van der Waals surface area contributed by atoms with Crippen molar-refractivity contribution < 1.29 is 0 Å². The second-order valence-corrected chi connectivity index (χ2v) is 7.32. The second-order valence-electron chi connectivity index (χ2n) is 6.52. The van der Waals surface area contributed by atoms with Crippen LogP contribution in [-0.2, 0) is 13.5 Å². The normalized spacial score (nSPS) is 17.8. The molecule has 1 saturated carbocycles. The van der Waals surface area contributed by atoms with Gasteiger partial charge in [0.15, 0.2) is 0 Å². The Bertz CT molecular complexity index is 433. The molecule has 1 aromatic rings. The first-order valence-corrected chi connectivity index (χ1v) is 8.11. The summed E-state index contributed by atoms with van der Waals surface area (Å²) in [6.07, 6.45) is 5.19. The molecule has 1 heterocycles. The third kappa shape index (κ3) is 3.40. The molecule has 0 amide bonds. The number of hydrogen-bond acceptors (Lipinski definition) is 2. The van der Waals surface area contributed by atoms with Crippen LogP contribution in [0.15, 0.2) is 4.47 Å². The minimum absolute atomic E-state index is 0.456. The van der Waals surface area contributed by atoms with Gasteiger partial charge >= 0.3 is 0 Å². The zero-order valence-corrected chi connectivity index (χ0v) is 14.2. The summed E-state index contributed by atoms with van der Waals surface area (Å²) in [5.41, 5.74) is 2.91. The largest absolute Gasteiger partial charge is 0.316 e. The van der Waals surface area contributed by atoms with Gasteiger partial charge in [0, 0.05) is 13.6 Å². The fourth-order valence-corrected chi connectivity index (χ4v) is 3.42. The first kappa shape index (κ1) is 15.0. The molecule has 0 unspecified atom stereocenters. The summed E-state index contributed by atoms with van der Waals surface area (Å²) in [7, 11) is 2.06. The van der Waals surface area contributed by atoms with Gasteiger partial charge in [-0.3, -0.25) is 4.68 Å². The fraction of sp³-hybridized carbons (Fsp3) is 0.800. The number of aryl methyl sites for hydroxylation is 2. The zero-order chi connectivity index (χ0) is 14.0.